The van der Waals surface area contributed by atoms with Crippen molar-refractivity contribution in [3.8, 4) is 0 Å². The number of hydrogen-bond donors (Lipinski definition) is 1. The monoisotopic (exact) mass is 266 g/mol. The molecule has 1 fully saturated rings. The summed E-state index contributed by atoms with van der Waals surface area (Å²) < 4.78 is 0. The summed E-state index contributed by atoms with van der Waals surface area (Å²) in [6, 6.07) is 9.57. The van der Waals surface area contributed by atoms with Crippen LogP contribution in [0.1, 0.15) is 32.3 Å². The molecule has 1 aromatic carbocycles. The average molecular weight is 267 g/mol. The van der Waals surface area contributed by atoms with Crippen molar-refractivity contribution in [2.45, 2.75) is 45.3 Å². The third-order valence-electron chi connectivity index (χ3n) is 3.81. The molecule has 2 unspecified atom stereocenters. The highest BCUT2D eigenvalue weighted by atomic mass is 35.5. The van der Waals surface area contributed by atoms with Crippen molar-refractivity contribution in [1.29, 1.82) is 0 Å². The van der Waals surface area contributed by atoms with Gasteiger partial charge in [-0.1, -0.05) is 30.7 Å². The molecule has 1 saturated heterocycles. The Hall–Kier alpha value is -0.570. The number of hydrogen-bond acceptors (Lipinski definition) is 2. The van der Waals surface area contributed by atoms with Gasteiger partial charge < -0.3 is 5.32 Å². The van der Waals surface area contributed by atoms with E-state index in [-0.39, 0.29) is 0 Å². The SMILES string of the molecule is CCNC1CCN(Cc2ccc(Cl)cc2)C(C)C1. The van der Waals surface area contributed by atoms with E-state index in [1.165, 1.54) is 24.9 Å². The molecule has 0 spiro atoms. The third kappa shape index (κ3) is 3.71. The molecule has 1 aliphatic heterocycles. The van der Waals surface area contributed by atoms with Crippen molar-refractivity contribution >= 4 is 11.6 Å². The fourth-order valence-electron chi connectivity index (χ4n) is 2.75. The van der Waals surface area contributed by atoms with Gasteiger partial charge in [0.1, 0.15) is 0 Å². The van der Waals surface area contributed by atoms with E-state index in [0.29, 0.717) is 12.1 Å². The van der Waals surface area contributed by atoms with Gasteiger partial charge in [0, 0.05) is 30.2 Å². The van der Waals surface area contributed by atoms with Crippen molar-refractivity contribution in [3.05, 3.63) is 34.9 Å². The van der Waals surface area contributed by atoms with Crippen molar-refractivity contribution in [3.63, 3.8) is 0 Å². The molecule has 100 valence electrons. The largest absolute Gasteiger partial charge is 0.314 e. The molecule has 0 amide bonds. The first kappa shape index (κ1) is 13.9. The fourth-order valence-corrected chi connectivity index (χ4v) is 2.88. The van der Waals surface area contributed by atoms with Crippen LogP contribution in [0, 0.1) is 0 Å². The molecule has 1 heterocycles. The Kier molecular flexibility index (Phi) is 5.04. The van der Waals surface area contributed by atoms with E-state index < -0.39 is 0 Å². The lowest BCUT2D eigenvalue weighted by Gasteiger charge is -2.38. The first-order chi connectivity index (χ1) is 8.69. The van der Waals surface area contributed by atoms with Crippen molar-refractivity contribution in [2.75, 3.05) is 13.1 Å². The summed E-state index contributed by atoms with van der Waals surface area (Å²) >= 11 is 5.92. The minimum atomic E-state index is 0.651. The Morgan fingerprint density at radius 2 is 2.06 bits per heavy atom. The highest BCUT2D eigenvalue weighted by Gasteiger charge is 2.24. The van der Waals surface area contributed by atoms with E-state index in [4.69, 9.17) is 11.6 Å². The maximum absolute atomic E-state index is 5.92. The van der Waals surface area contributed by atoms with E-state index in [0.717, 1.165) is 18.1 Å². The zero-order valence-electron chi connectivity index (χ0n) is 11.3. The van der Waals surface area contributed by atoms with Gasteiger partial charge in [-0.2, -0.15) is 0 Å². The lowest BCUT2D eigenvalue weighted by molar-refractivity contribution is 0.129. The Balaban J connectivity index is 1.89. The molecule has 1 aliphatic rings. The van der Waals surface area contributed by atoms with Crippen LogP contribution in [-0.4, -0.2) is 30.1 Å². The molecule has 3 heteroatoms. The minimum absolute atomic E-state index is 0.651. The van der Waals surface area contributed by atoms with Gasteiger partial charge in [-0.3, -0.25) is 4.90 Å². The second kappa shape index (κ2) is 6.55. The van der Waals surface area contributed by atoms with Gasteiger partial charge >= 0.3 is 0 Å². The van der Waals surface area contributed by atoms with Crippen LogP contribution in [0.15, 0.2) is 24.3 Å². The summed E-state index contributed by atoms with van der Waals surface area (Å²) in [7, 11) is 0. The number of benzene rings is 1. The summed E-state index contributed by atoms with van der Waals surface area (Å²) in [5.41, 5.74) is 1.35. The molecule has 0 radical (unpaired) electrons. The summed E-state index contributed by atoms with van der Waals surface area (Å²) in [5, 5.41) is 4.38. The van der Waals surface area contributed by atoms with Crippen molar-refractivity contribution < 1.29 is 0 Å². The quantitative estimate of drug-likeness (QED) is 0.900. The first-order valence-corrected chi connectivity index (χ1v) is 7.28. The van der Waals surface area contributed by atoms with Crippen LogP contribution >= 0.6 is 11.6 Å². The molecule has 2 atom stereocenters. The van der Waals surface area contributed by atoms with Crippen LogP contribution in [-0.2, 0) is 6.54 Å². The van der Waals surface area contributed by atoms with Crippen LogP contribution < -0.4 is 5.32 Å². The Labute approximate surface area is 115 Å². The second-order valence-corrected chi connectivity index (χ2v) is 5.66. The lowest BCUT2D eigenvalue weighted by atomic mass is 9.97. The average Bonchev–Trinajstić information content (AvgIpc) is 2.36. The number of nitrogens with one attached hydrogen (secondary N) is 1. The Morgan fingerprint density at radius 1 is 1.33 bits per heavy atom. The molecular weight excluding hydrogens is 244 g/mol. The van der Waals surface area contributed by atoms with Crippen molar-refractivity contribution in [1.82, 2.24) is 10.2 Å². The lowest BCUT2D eigenvalue weighted by Crippen LogP contribution is -2.46. The zero-order chi connectivity index (χ0) is 13.0. The van der Waals surface area contributed by atoms with Crippen LogP contribution in [0.25, 0.3) is 0 Å². The van der Waals surface area contributed by atoms with E-state index in [1.807, 2.05) is 12.1 Å². The zero-order valence-corrected chi connectivity index (χ0v) is 12.1. The van der Waals surface area contributed by atoms with Crippen LogP contribution in [0.3, 0.4) is 0 Å². The first-order valence-electron chi connectivity index (χ1n) is 6.91. The maximum atomic E-state index is 5.92. The predicted molar refractivity (Wildman–Crippen MR) is 78.0 cm³/mol. The van der Waals surface area contributed by atoms with Gasteiger partial charge in [-0.15, -0.1) is 0 Å². The maximum Gasteiger partial charge on any atom is 0.0406 e. The summed E-state index contributed by atoms with van der Waals surface area (Å²) in [6.45, 7) is 7.82. The molecule has 2 rings (SSSR count). The van der Waals surface area contributed by atoms with Gasteiger partial charge in [0.25, 0.3) is 0 Å². The summed E-state index contributed by atoms with van der Waals surface area (Å²) in [6.07, 6.45) is 2.51. The van der Waals surface area contributed by atoms with Crippen LogP contribution in [0.5, 0.6) is 0 Å². The predicted octanol–water partition coefficient (Wildman–Crippen LogP) is 3.30. The van der Waals surface area contributed by atoms with Gasteiger partial charge in [0.2, 0.25) is 0 Å². The molecule has 0 aliphatic carbocycles. The van der Waals surface area contributed by atoms with E-state index >= 15 is 0 Å². The number of rotatable bonds is 4. The Bertz CT molecular complexity index is 363. The molecule has 0 aromatic heterocycles. The molecule has 2 nitrogen and oxygen atoms in total. The highest BCUT2D eigenvalue weighted by molar-refractivity contribution is 6.30. The summed E-state index contributed by atoms with van der Waals surface area (Å²) in [5.74, 6) is 0. The van der Waals surface area contributed by atoms with E-state index in [2.05, 4.69) is 36.2 Å². The summed E-state index contributed by atoms with van der Waals surface area (Å²) in [4.78, 5) is 2.57. The standard InChI is InChI=1S/C15H23ClN2/c1-3-17-15-8-9-18(12(2)10-15)11-13-4-6-14(16)7-5-13/h4-7,12,15,17H,3,8-11H2,1-2H3. The van der Waals surface area contributed by atoms with Crippen LogP contribution in [0.4, 0.5) is 0 Å². The molecule has 1 N–H and O–H groups in total. The number of piperidine rings is 1. The number of nitrogens with zero attached hydrogens (tertiary/aromatic N) is 1. The topological polar surface area (TPSA) is 15.3 Å². The molecule has 0 saturated carbocycles. The van der Waals surface area contributed by atoms with Gasteiger partial charge in [-0.25, -0.2) is 0 Å². The number of likely N-dealkylation sites (tertiary alicyclic amines) is 1. The minimum Gasteiger partial charge on any atom is -0.314 e. The van der Waals surface area contributed by atoms with Gasteiger partial charge in [0.05, 0.1) is 0 Å². The Morgan fingerprint density at radius 3 is 2.67 bits per heavy atom. The molecule has 1 aromatic rings. The van der Waals surface area contributed by atoms with E-state index in [9.17, 15) is 0 Å². The normalized spacial score (nSPS) is 25.3. The fraction of sp³-hybridized carbons (Fsp3) is 0.600. The van der Waals surface area contributed by atoms with Gasteiger partial charge in [0.15, 0.2) is 0 Å². The second-order valence-electron chi connectivity index (χ2n) is 5.22. The van der Waals surface area contributed by atoms with Crippen molar-refractivity contribution in [2.24, 2.45) is 0 Å². The molecule has 0 bridgehead atoms. The molecule has 18 heavy (non-hydrogen) atoms. The third-order valence-corrected chi connectivity index (χ3v) is 4.06. The van der Waals surface area contributed by atoms with Gasteiger partial charge in [-0.05, 0) is 44.0 Å². The number of halogens is 1. The highest BCUT2D eigenvalue weighted by Crippen LogP contribution is 2.20. The molecular formula is C15H23ClN2. The van der Waals surface area contributed by atoms with Crippen LogP contribution in [0.2, 0.25) is 5.02 Å². The smallest absolute Gasteiger partial charge is 0.0406 e. The van der Waals surface area contributed by atoms with E-state index in [1.54, 1.807) is 0 Å².